The number of anilines is 1. The number of carbonyl (C=O) groups is 3. The van der Waals surface area contributed by atoms with Gasteiger partial charge in [0.1, 0.15) is 16.9 Å². The van der Waals surface area contributed by atoms with Gasteiger partial charge in [0, 0.05) is 64.2 Å². The van der Waals surface area contributed by atoms with Crippen LogP contribution in [-0.2, 0) is 35.3 Å². The van der Waals surface area contributed by atoms with Gasteiger partial charge in [0.25, 0.3) is 5.91 Å². The van der Waals surface area contributed by atoms with Gasteiger partial charge in [-0.25, -0.2) is 4.98 Å². The molecule has 2 aromatic carbocycles. The topological polar surface area (TPSA) is 156 Å². The van der Waals surface area contributed by atoms with E-state index in [0.717, 1.165) is 16.7 Å². The first-order valence-corrected chi connectivity index (χ1v) is 18.1. The molecular weight excluding hydrogens is 762 g/mol. The van der Waals surface area contributed by atoms with Crippen molar-refractivity contribution in [3.05, 3.63) is 98.2 Å². The number of carbonyl (C=O) groups excluding carboxylic acids is 3. The summed E-state index contributed by atoms with van der Waals surface area (Å²) < 4.78 is 53.7. The summed E-state index contributed by atoms with van der Waals surface area (Å²) in [7, 11) is 1.50. The molecule has 0 aliphatic heterocycles. The summed E-state index contributed by atoms with van der Waals surface area (Å²) in [6.07, 6.45) is -3.97. The largest absolute Gasteiger partial charge is 0.481 e. The maximum Gasteiger partial charge on any atom is 0.433 e. The number of ether oxygens (including phenoxy) is 2. The summed E-state index contributed by atoms with van der Waals surface area (Å²) in [5.41, 5.74) is 2.67. The van der Waals surface area contributed by atoms with E-state index in [2.05, 4.69) is 36.6 Å². The Hall–Kier alpha value is -4.96. The zero-order valence-electron chi connectivity index (χ0n) is 30.3. The molecule has 0 saturated carbocycles. The molecule has 4 aromatic rings. The van der Waals surface area contributed by atoms with Crippen LogP contribution in [0.15, 0.2) is 54.6 Å². The lowest BCUT2D eigenvalue weighted by Gasteiger charge is -2.18. The number of halogens is 5. The Balaban J connectivity index is 1.31. The third-order valence-corrected chi connectivity index (χ3v) is 9.33. The summed E-state index contributed by atoms with van der Waals surface area (Å²) in [5, 5.41) is 14.2. The van der Waals surface area contributed by atoms with Gasteiger partial charge in [0.15, 0.2) is 5.69 Å². The number of pyridine rings is 2. The van der Waals surface area contributed by atoms with E-state index in [1.807, 2.05) is 18.2 Å². The molecule has 5 N–H and O–H groups in total. The Morgan fingerprint density at radius 2 is 1.49 bits per heavy atom. The minimum absolute atomic E-state index is 0.0504. The molecule has 0 fully saturated rings. The Morgan fingerprint density at radius 1 is 0.836 bits per heavy atom. The van der Waals surface area contributed by atoms with E-state index >= 15 is 0 Å². The summed E-state index contributed by atoms with van der Waals surface area (Å²) in [6, 6.07) is 14.8. The number of aromatic nitrogens is 2. The second kappa shape index (κ2) is 18.6. The second-order valence-electron chi connectivity index (χ2n) is 12.6. The molecule has 0 bridgehead atoms. The Kier molecular flexibility index (Phi) is 13.9. The van der Waals surface area contributed by atoms with Crippen LogP contribution in [0.1, 0.15) is 64.7 Å². The third kappa shape index (κ3) is 10.6. The summed E-state index contributed by atoms with van der Waals surface area (Å²) in [6.45, 7) is 4.55. The van der Waals surface area contributed by atoms with Gasteiger partial charge in [-0.05, 0) is 53.3 Å². The average Bonchev–Trinajstić information content (AvgIpc) is 3.55. The molecule has 17 heteroatoms. The van der Waals surface area contributed by atoms with Crippen molar-refractivity contribution in [1.29, 1.82) is 0 Å². The molecular formula is C38H40Cl2F3N7O5. The SMILES string of the molecule is COc1nc(O[C@H]2CCc3c(-c4cccc(C(=O)Nc5ccc(CNCCNC(C)=O)c(C(F)(F)F)n5)c4Cl)cccc32)c(Cl)cc1CNCCNC(C)=O. The Labute approximate surface area is 325 Å². The third-order valence-electron chi connectivity index (χ3n) is 8.65. The quantitative estimate of drug-likeness (QED) is 0.0828. The smallest absolute Gasteiger partial charge is 0.433 e. The van der Waals surface area contributed by atoms with E-state index in [0.29, 0.717) is 54.5 Å². The summed E-state index contributed by atoms with van der Waals surface area (Å²) in [5.74, 6) is -0.844. The molecule has 55 heavy (non-hydrogen) atoms. The summed E-state index contributed by atoms with van der Waals surface area (Å²) in [4.78, 5) is 43.8. The van der Waals surface area contributed by atoms with E-state index in [-0.39, 0.29) is 59.3 Å². The highest BCUT2D eigenvalue weighted by atomic mass is 35.5. The van der Waals surface area contributed by atoms with Crippen molar-refractivity contribution in [2.24, 2.45) is 0 Å². The number of methoxy groups -OCH3 is 1. The molecule has 2 aromatic heterocycles. The van der Waals surface area contributed by atoms with Crippen LogP contribution in [0.4, 0.5) is 19.0 Å². The van der Waals surface area contributed by atoms with Crippen molar-refractivity contribution in [3.8, 4) is 22.9 Å². The summed E-state index contributed by atoms with van der Waals surface area (Å²) >= 11 is 13.5. The maximum atomic E-state index is 14.0. The molecule has 1 aliphatic carbocycles. The molecule has 292 valence electrons. The molecule has 2 heterocycles. The van der Waals surface area contributed by atoms with E-state index < -0.39 is 23.9 Å². The van der Waals surface area contributed by atoms with Gasteiger partial charge in [-0.1, -0.05) is 59.6 Å². The van der Waals surface area contributed by atoms with Crippen LogP contribution in [0.5, 0.6) is 11.8 Å². The fourth-order valence-corrected chi connectivity index (χ4v) is 6.68. The van der Waals surface area contributed by atoms with Gasteiger partial charge in [-0.2, -0.15) is 18.2 Å². The lowest BCUT2D eigenvalue weighted by Crippen LogP contribution is -2.30. The van der Waals surface area contributed by atoms with Crippen LogP contribution >= 0.6 is 23.2 Å². The Morgan fingerprint density at radius 3 is 2.15 bits per heavy atom. The molecule has 0 radical (unpaired) electrons. The van der Waals surface area contributed by atoms with Crippen molar-refractivity contribution in [1.82, 2.24) is 31.2 Å². The molecule has 3 amide bonds. The van der Waals surface area contributed by atoms with Crippen molar-refractivity contribution in [2.45, 2.75) is 52.1 Å². The van der Waals surface area contributed by atoms with E-state index in [4.69, 9.17) is 32.7 Å². The Bertz CT molecular complexity index is 2050. The minimum Gasteiger partial charge on any atom is -0.481 e. The number of nitrogens with zero attached hydrogens (tertiary/aromatic N) is 2. The first kappa shape index (κ1) is 41.2. The number of benzene rings is 2. The fourth-order valence-electron chi connectivity index (χ4n) is 6.15. The fraction of sp³-hybridized carbons (Fsp3) is 0.342. The van der Waals surface area contributed by atoms with Gasteiger partial charge < -0.3 is 36.1 Å². The molecule has 0 saturated heterocycles. The van der Waals surface area contributed by atoms with Crippen molar-refractivity contribution < 1.29 is 37.0 Å². The van der Waals surface area contributed by atoms with Crippen LogP contribution in [0.25, 0.3) is 11.1 Å². The molecule has 12 nitrogen and oxygen atoms in total. The van der Waals surface area contributed by atoms with Crippen LogP contribution < -0.4 is 36.1 Å². The van der Waals surface area contributed by atoms with Gasteiger partial charge >= 0.3 is 6.18 Å². The van der Waals surface area contributed by atoms with E-state index in [1.54, 1.807) is 18.2 Å². The lowest BCUT2D eigenvalue weighted by molar-refractivity contribution is -0.141. The van der Waals surface area contributed by atoms with Crippen LogP contribution in [-0.4, -0.2) is 61.0 Å². The van der Waals surface area contributed by atoms with Crippen molar-refractivity contribution >= 4 is 46.7 Å². The number of rotatable bonds is 16. The van der Waals surface area contributed by atoms with Gasteiger partial charge in [0.2, 0.25) is 23.6 Å². The highest BCUT2D eigenvalue weighted by molar-refractivity contribution is 6.37. The van der Waals surface area contributed by atoms with Crippen molar-refractivity contribution in [2.75, 3.05) is 38.6 Å². The monoisotopic (exact) mass is 801 g/mol. The minimum atomic E-state index is -4.79. The zero-order valence-corrected chi connectivity index (χ0v) is 31.8. The maximum absolute atomic E-state index is 14.0. The average molecular weight is 803 g/mol. The number of alkyl halides is 3. The van der Waals surface area contributed by atoms with Crippen LogP contribution in [0, 0.1) is 0 Å². The van der Waals surface area contributed by atoms with Crippen molar-refractivity contribution in [3.63, 3.8) is 0 Å². The molecule has 0 unspecified atom stereocenters. The zero-order chi connectivity index (χ0) is 39.7. The molecule has 1 atom stereocenters. The first-order chi connectivity index (χ1) is 26.3. The van der Waals surface area contributed by atoms with Gasteiger partial charge in [-0.3, -0.25) is 14.4 Å². The molecule has 5 rings (SSSR count). The van der Waals surface area contributed by atoms with Crippen LogP contribution in [0.2, 0.25) is 10.0 Å². The van der Waals surface area contributed by atoms with E-state index in [9.17, 15) is 27.6 Å². The van der Waals surface area contributed by atoms with Crippen LogP contribution in [0.3, 0.4) is 0 Å². The predicted octanol–water partition coefficient (Wildman–Crippen LogP) is 6.25. The normalized spacial score (nSPS) is 13.6. The highest BCUT2D eigenvalue weighted by Crippen LogP contribution is 2.43. The number of nitrogens with one attached hydrogen (secondary N) is 5. The number of hydrogen-bond acceptors (Lipinski definition) is 9. The van der Waals surface area contributed by atoms with Gasteiger partial charge in [0.05, 0.1) is 17.7 Å². The van der Waals surface area contributed by atoms with E-state index in [1.165, 1.54) is 39.2 Å². The second-order valence-corrected chi connectivity index (χ2v) is 13.4. The number of fused-ring (bicyclic) bond motifs is 1. The first-order valence-electron chi connectivity index (χ1n) is 17.4. The number of amides is 3. The standard InChI is InChI=1S/C38H40Cl2F3N7O5/c1-21(51)46-16-14-44-19-23-10-13-32(48-34(23)38(41,42)43)49-35(53)29-9-5-8-28(33(29)40)25-6-4-7-27-26(25)11-12-31(27)55-37-30(39)18-24(36(50-37)54-3)20-45-15-17-47-22(2)52/h4-10,13,18,31,44-45H,11-12,14-17,19-20H2,1-3H3,(H,46,51)(H,47,52)(H,48,49,53)/t31-/m0/s1. The highest BCUT2D eigenvalue weighted by Gasteiger charge is 2.36. The lowest BCUT2D eigenvalue weighted by atomic mass is 9.95. The predicted molar refractivity (Wildman–Crippen MR) is 202 cm³/mol. The number of hydrogen-bond donors (Lipinski definition) is 5. The van der Waals surface area contributed by atoms with Gasteiger partial charge in [-0.15, -0.1) is 0 Å². The molecule has 1 aliphatic rings. The molecule has 0 spiro atoms.